The Kier molecular flexibility index (Phi) is 4.37. The van der Waals surface area contributed by atoms with Crippen LogP contribution >= 0.6 is 0 Å². The van der Waals surface area contributed by atoms with Crippen molar-refractivity contribution in [3.05, 3.63) is 35.4 Å². The fraction of sp³-hybridized carbons (Fsp3) is 0.529. The summed E-state index contributed by atoms with van der Waals surface area (Å²) in [7, 11) is 0. The van der Waals surface area contributed by atoms with Crippen molar-refractivity contribution in [2.24, 2.45) is 0 Å². The molecule has 3 rings (SSSR count). The van der Waals surface area contributed by atoms with E-state index in [9.17, 15) is 14.7 Å². The Morgan fingerprint density at radius 1 is 1.35 bits per heavy atom. The lowest BCUT2D eigenvalue weighted by Crippen LogP contribution is -2.70. The molecule has 2 fully saturated rings. The first-order chi connectivity index (χ1) is 11.0. The summed E-state index contributed by atoms with van der Waals surface area (Å²) in [6.45, 7) is 6.13. The summed E-state index contributed by atoms with van der Waals surface area (Å²) >= 11 is 0. The third kappa shape index (κ3) is 3.23. The largest absolute Gasteiger partial charge is 0.391 e. The Bertz CT molecular complexity index is 617. The van der Waals surface area contributed by atoms with Gasteiger partial charge in [0.1, 0.15) is 12.1 Å². The third-order valence-electron chi connectivity index (χ3n) is 4.59. The quantitative estimate of drug-likeness (QED) is 0.816. The van der Waals surface area contributed by atoms with Gasteiger partial charge in [0.2, 0.25) is 11.8 Å². The molecule has 2 heterocycles. The fourth-order valence-electron chi connectivity index (χ4n) is 3.36. The molecule has 0 bridgehead atoms. The molecule has 124 valence electrons. The van der Waals surface area contributed by atoms with E-state index in [0.29, 0.717) is 13.1 Å². The van der Waals surface area contributed by atoms with Crippen molar-refractivity contribution in [3.8, 4) is 0 Å². The molecule has 6 nitrogen and oxygen atoms in total. The van der Waals surface area contributed by atoms with Crippen molar-refractivity contribution < 1.29 is 14.7 Å². The Morgan fingerprint density at radius 3 is 2.83 bits per heavy atom. The first-order valence-corrected chi connectivity index (χ1v) is 8.02. The van der Waals surface area contributed by atoms with E-state index >= 15 is 0 Å². The highest BCUT2D eigenvalue weighted by molar-refractivity contribution is 5.97. The van der Waals surface area contributed by atoms with Gasteiger partial charge in [0, 0.05) is 26.2 Å². The van der Waals surface area contributed by atoms with Crippen molar-refractivity contribution in [2.45, 2.75) is 38.6 Å². The van der Waals surface area contributed by atoms with Crippen LogP contribution in [0.4, 0.5) is 0 Å². The van der Waals surface area contributed by atoms with Crippen LogP contribution in [0.25, 0.3) is 0 Å². The van der Waals surface area contributed by atoms with E-state index in [0.717, 1.165) is 13.1 Å². The van der Waals surface area contributed by atoms with Gasteiger partial charge in [-0.1, -0.05) is 29.8 Å². The number of fused-ring (bicyclic) bond motifs is 1. The third-order valence-corrected chi connectivity index (χ3v) is 4.59. The lowest BCUT2D eigenvalue weighted by Gasteiger charge is -2.45. The highest BCUT2D eigenvalue weighted by Gasteiger charge is 2.44. The number of amides is 2. The van der Waals surface area contributed by atoms with Crippen LogP contribution in [0.1, 0.15) is 18.1 Å². The van der Waals surface area contributed by atoms with Gasteiger partial charge in [-0.05, 0) is 19.4 Å². The summed E-state index contributed by atoms with van der Waals surface area (Å²) in [5.74, 6) is -0.357. The van der Waals surface area contributed by atoms with E-state index in [1.54, 1.807) is 4.90 Å². The van der Waals surface area contributed by atoms with Crippen LogP contribution in [0.15, 0.2) is 24.3 Å². The Labute approximate surface area is 136 Å². The monoisotopic (exact) mass is 317 g/mol. The molecule has 3 atom stereocenters. The maximum absolute atomic E-state index is 12.4. The molecule has 0 radical (unpaired) electrons. The average Bonchev–Trinajstić information content (AvgIpc) is 2.50. The minimum atomic E-state index is -0.877. The van der Waals surface area contributed by atoms with Crippen LogP contribution in [-0.4, -0.2) is 64.5 Å². The number of carbonyl (C=O) groups is 2. The van der Waals surface area contributed by atoms with Crippen LogP contribution in [0.3, 0.4) is 0 Å². The number of nitrogens with zero attached hydrogens (tertiary/aromatic N) is 2. The summed E-state index contributed by atoms with van der Waals surface area (Å²) in [4.78, 5) is 28.5. The Hall–Kier alpha value is -1.92. The molecule has 2 saturated heterocycles. The molecule has 2 aliphatic rings. The predicted octanol–water partition coefficient (Wildman–Crippen LogP) is -0.113. The number of aliphatic hydroxyl groups excluding tert-OH is 1. The van der Waals surface area contributed by atoms with Gasteiger partial charge in [0.25, 0.3) is 0 Å². The average molecular weight is 317 g/mol. The second-order valence-corrected chi connectivity index (χ2v) is 6.50. The lowest BCUT2D eigenvalue weighted by molar-refractivity contribution is -0.156. The molecule has 23 heavy (non-hydrogen) atoms. The molecule has 0 aromatic heterocycles. The summed E-state index contributed by atoms with van der Waals surface area (Å²) in [5.41, 5.74) is 2.43. The first kappa shape index (κ1) is 16.0. The van der Waals surface area contributed by atoms with Gasteiger partial charge in [0.15, 0.2) is 0 Å². The number of carbonyl (C=O) groups excluding carboxylic acids is 2. The second-order valence-electron chi connectivity index (χ2n) is 6.50. The van der Waals surface area contributed by atoms with Crippen LogP contribution in [0.5, 0.6) is 0 Å². The fourth-order valence-corrected chi connectivity index (χ4v) is 3.36. The minimum absolute atomic E-state index is 0.176. The zero-order valence-corrected chi connectivity index (χ0v) is 13.5. The normalized spacial score (nSPS) is 26.7. The van der Waals surface area contributed by atoms with Crippen LogP contribution < -0.4 is 5.32 Å². The number of aryl methyl sites for hydroxylation is 1. The molecular weight excluding hydrogens is 294 g/mol. The first-order valence-electron chi connectivity index (χ1n) is 8.02. The zero-order valence-electron chi connectivity index (χ0n) is 13.5. The molecule has 2 N–H and O–H groups in total. The minimum Gasteiger partial charge on any atom is -0.391 e. The standard InChI is InChI=1S/C17H23N3O3/c1-11-4-3-5-13(8-11)9-19-6-7-20-14(10-19)16(22)18-15(12(2)21)17(20)23/h3-5,8,12,14-15,21H,6-7,9-10H2,1-2H3,(H,18,22)/t12-,14-,15+/m1/s1. The molecule has 2 amide bonds. The molecular formula is C17H23N3O3. The molecule has 0 aliphatic carbocycles. The van der Waals surface area contributed by atoms with Crippen molar-refractivity contribution in [2.75, 3.05) is 19.6 Å². The van der Waals surface area contributed by atoms with Gasteiger partial charge in [-0.2, -0.15) is 0 Å². The highest BCUT2D eigenvalue weighted by Crippen LogP contribution is 2.19. The molecule has 2 aliphatic heterocycles. The van der Waals surface area contributed by atoms with E-state index in [-0.39, 0.29) is 11.8 Å². The van der Waals surface area contributed by atoms with E-state index in [2.05, 4.69) is 35.3 Å². The van der Waals surface area contributed by atoms with Crippen molar-refractivity contribution in [1.29, 1.82) is 0 Å². The Balaban J connectivity index is 1.69. The molecule has 1 aromatic carbocycles. The van der Waals surface area contributed by atoms with Gasteiger partial charge in [-0.25, -0.2) is 0 Å². The molecule has 0 unspecified atom stereocenters. The highest BCUT2D eigenvalue weighted by atomic mass is 16.3. The number of hydrogen-bond donors (Lipinski definition) is 2. The molecule has 1 aromatic rings. The Morgan fingerprint density at radius 2 is 2.13 bits per heavy atom. The van der Waals surface area contributed by atoms with Crippen molar-refractivity contribution in [3.63, 3.8) is 0 Å². The van der Waals surface area contributed by atoms with Gasteiger partial charge in [0.05, 0.1) is 6.10 Å². The molecule has 0 saturated carbocycles. The van der Waals surface area contributed by atoms with Gasteiger partial charge >= 0.3 is 0 Å². The zero-order chi connectivity index (χ0) is 16.6. The lowest BCUT2D eigenvalue weighted by atomic mass is 10.0. The number of hydrogen-bond acceptors (Lipinski definition) is 4. The molecule has 6 heteroatoms. The SMILES string of the molecule is Cc1cccc(CN2CCN3C(=O)[C@H]([C@@H](C)O)NC(=O)[C@H]3C2)c1. The predicted molar refractivity (Wildman–Crippen MR) is 85.6 cm³/mol. The van der Waals surface area contributed by atoms with Crippen molar-refractivity contribution >= 4 is 11.8 Å². The van der Waals surface area contributed by atoms with E-state index in [1.165, 1.54) is 18.1 Å². The number of benzene rings is 1. The number of piperazine rings is 2. The summed E-state index contributed by atoms with van der Waals surface area (Å²) < 4.78 is 0. The second kappa shape index (κ2) is 6.29. The summed E-state index contributed by atoms with van der Waals surface area (Å²) in [6, 6.07) is 7.03. The van der Waals surface area contributed by atoms with Crippen LogP contribution in [0.2, 0.25) is 0 Å². The number of nitrogens with one attached hydrogen (secondary N) is 1. The number of rotatable bonds is 3. The van der Waals surface area contributed by atoms with Gasteiger partial charge in [-0.3, -0.25) is 14.5 Å². The summed E-state index contributed by atoms with van der Waals surface area (Å²) in [5, 5.41) is 12.3. The van der Waals surface area contributed by atoms with Gasteiger partial charge in [-0.15, -0.1) is 0 Å². The summed E-state index contributed by atoms with van der Waals surface area (Å²) in [6.07, 6.45) is -0.877. The topological polar surface area (TPSA) is 72.9 Å². The maximum atomic E-state index is 12.4. The van der Waals surface area contributed by atoms with E-state index in [4.69, 9.17) is 0 Å². The smallest absolute Gasteiger partial charge is 0.248 e. The van der Waals surface area contributed by atoms with Crippen molar-refractivity contribution in [1.82, 2.24) is 15.1 Å². The maximum Gasteiger partial charge on any atom is 0.248 e. The van der Waals surface area contributed by atoms with Crippen LogP contribution in [-0.2, 0) is 16.1 Å². The molecule has 0 spiro atoms. The van der Waals surface area contributed by atoms with E-state index < -0.39 is 18.2 Å². The number of aliphatic hydroxyl groups is 1. The van der Waals surface area contributed by atoms with Gasteiger partial charge < -0.3 is 15.3 Å². The van der Waals surface area contributed by atoms with Crippen LogP contribution in [0, 0.1) is 6.92 Å². The van der Waals surface area contributed by atoms with E-state index in [1.807, 2.05) is 6.07 Å².